The number of para-hydroxylation sites is 2. The summed E-state index contributed by atoms with van der Waals surface area (Å²) in [6, 6.07) is 7.56. The number of benzene rings is 1. The molecule has 3 aliphatic heterocycles. The summed E-state index contributed by atoms with van der Waals surface area (Å²) in [5.41, 5.74) is 1.91. The Labute approximate surface area is 279 Å². The fourth-order valence-corrected chi connectivity index (χ4v) is 6.09. The number of hydrogen-bond donors (Lipinski definition) is 1. The third-order valence-electron chi connectivity index (χ3n) is 7.88. The number of carbonyl (C=O) groups is 4. The number of carbonyl (C=O) groups excluding carboxylic acids is 4. The number of esters is 4. The topological polar surface area (TPSA) is 211 Å². The second-order valence-electron chi connectivity index (χ2n) is 12.2. The zero-order valence-corrected chi connectivity index (χ0v) is 27.6. The van der Waals surface area contributed by atoms with Crippen molar-refractivity contribution in [2.45, 2.75) is 109 Å². The van der Waals surface area contributed by atoms with Gasteiger partial charge in [0.1, 0.15) is 42.5 Å². The normalized spacial score (nSPS) is 30.4. The molecule has 0 unspecified atom stereocenters. The lowest BCUT2D eigenvalue weighted by Gasteiger charge is -2.44. The maximum atomic E-state index is 12.2. The minimum Gasteiger partial charge on any atom is -0.463 e. The molecule has 0 spiro atoms. The van der Waals surface area contributed by atoms with Crippen molar-refractivity contribution in [3.05, 3.63) is 42.0 Å². The van der Waals surface area contributed by atoms with Crippen LogP contribution in [0.3, 0.4) is 0 Å². The first kappa shape index (κ1) is 34.4. The number of aromatic amines is 1. The summed E-state index contributed by atoms with van der Waals surface area (Å²) in [4.78, 5) is 56.1. The van der Waals surface area contributed by atoms with Crippen LogP contribution in [-0.2, 0) is 68.4 Å². The van der Waals surface area contributed by atoms with Gasteiger partial charge in [-0.3, -0.25) is 19.2 Å². The minimum atomic E-state index is -1.37. The van der Waals surface area contributed by atoms with E-state index in [1.165, 1.54) is 17.8 Å². The van der Waals surface area contributed by atoms with Crippen molar-refractivity contribution in [2.24, 2.45) is 0 Å². The second kappa shape index (κ2) is 13.8. The van der Waals surface area contributed by atoms with Crippen LogP contribution in [0.5, 0.6) is 0 Å². The molecule has 49 heavy (non-hydrogen) atoms. The van der Waals surface area contributed by atoms with E-state index in [0.717, 1.165) is 31.8 Å². The highest BCUT2D eigenvalue weighted by molar-refractivity contribution is 5.74. The van der Waals surface area contributed by atoms with Crippen molar-refractivity contribution in [3.63, 3.8) is 0 Å². The Hall–Kier alpha value is -4.49. The van der Waals surface area contributed by atoms with Gasteiger partial charge >= 0.3 is 23.9 Å². The lowest BCUT2D eigenvalue weighted by atomic mass is 9.97. The van der Waals surface area contributed by atoms with Crippen LogP contribution in [0.1, 0.15) is 65.4 Å². The number of rotatable bonds is 10. The van der Waals surface area contributed by atoms with E-state index in [1.807, 2.05) is 24.3 Å². The van der Waals surface area contributed by atoms with Crippen molar-refractivity contribution in [1.82, 2.24) is 25.0 Å². The van der Waals surface area contributed by atoms with Crippen molar-refractivity contribution in [1.29, 1.82) is 0 Å². The molecule has 3 saturated heterocycles. The first-order valence-electron chi connectivity index (χ1n) is 15.6. The molecule has 0 radical (unpaired) electrons. The van der Waals surface area contributed by atoms with Gasteiger partial charge in [-0.05, 0) is 26.0 Å². The third kappa shape index (κ3) is 7.57. The third-order valence-corrected chi connectivity index (χ3v) is 7.88. The molecule has 3 aliphatic rings. The van der Waals surface area contributed by atoms with Gasteiger partial charge in [0, 0.05) is 27.7 Å². The minimum absolute atomic E-state index is 0.0803. The van der Waals surface area contributed by atoms with Gasteiger partial charge in [0.2, 0.25) is 0 Å². The van der Waals surface area contributed by atoms with Crippen LogP contribution in [0.2, 0.25) is 0 Å². The highest BCUT2D eigenvalue weighted by Gasteiger charge is 2.57. The first-order valence-corrected chi connectivity index (χ1v) is 15.6. The summed E-state index contributed by atoms with van der Waals surface area (Å²) in [6.07, 6.45) is -7.63. The fraction of sp³-hybridized carbons (Fsp3) is 0.581. The Bertz CT molecular complexity index is 1670. The van der Waals surface area contributed by atoms with E-state index in [4.69, 9.17) is 42.6 Å². The molecule has 0 amide bonds. The predicted molar refractivity (Wildman–Crippen MR) is 160 cm³/mol. The predicted octanol–water partition coefficient (Wildman–Crippen LogP) is 1.54. The van der Waals surface area contributed by atoms with Crippen LogP contribution in [0.25, 0.3) is 11.0 Å². The number of hydrogen-bond acceptors (Lipinski definition) is 16. The standard InChI is InChI=1S/C31H37N5O13/c1-14(37)41-13-21-22(43-15(2)38)24(44-16(3)39)26(45-17(4)40)29(46-21)36-11-18(34-35-36)12-42-23-25(47-30-27(23)48-31(5,6)49-30)28-32-19-9-7-8-10-20(19)33-28/h7-11,21-27,29-30H,12-13H2,1-6H3,(H,32,33)/t21-,22-,23+,24+,25+,26-,27-,29-,30-/m1/s1. The van der Waals surface area contributed by atoms with Crippen LogP contribution in [0.15, 0.2) is 30.5 Å². The van der Waals surface area contributed by atoms with Gasteiger partial charge in [-0.1, -0.05) is 17.3 Å². The molecule has 1 aromatic carbocycles. The van der Waals surface area contributed by atoms with Crippen molar-refractivity contribution in [2.75, 3.05) is 6.61 Å². The second-order valence-corrected chi connectivity index (χ2v) is 12.2. The first-order chi connectivity index (χ1) is 23.3. The highest BCUT2D eigenvalue weighted by Crippen LogP contribution is 2.44. The van der Waals surface area contributed by atoms with E-state index in [9.17, 15) is 19.2 Å². The Morgan fingerprint density at radius 1 is 0.878 bits per heavy atom. The number of aromatic nitrogens is 5. The lowest BCUT2D eigenvalue weighted by molar-refractivity contribution is -0.270. The summed E-state index contributed by atoms with van der Waals surface area (Å²) in [5.74, 6) is -3.24. The summed E-state index contributed by atoms with van der Waals surface area (Å²) in [6.45, 7) is 7.72. The summed E-state index contributed by atoms with van der Waals surface area (Å²) in [7, 11) is 0. The van der Waals surface area contributed by atoms with E-state index in [1.54, 1.807) is 13.8 Å². The molecule has 18 nitrogen and oxygen atoms in total. The molecule has 6 rings (SSSR count). The average molecular weight is 688 g/mol. The Morgan fingerprint density at radius 3 is 2.27 bits per heavy atom. The summed E-state index contributed by atoms with van der Waals surface area (Å²) < 4.78 is 53.8. The van der Waals surface area contributed by atoms with E-state index in [2.05, 4.69) is 20.3 Å². The highest BCUT2D eigenvalue weighted by atomic mass is 16.8. The van der Waals surface area contributed by atoms with Gasteiger partial charge in [-0.2, -0.15) is 0 Å². The number of nitrogens with zero attached hydrogens (tertiary/aromatic N) is 4. The van der Waals surface area contributed by atoms with Crippen LogP contribution in [0, 0.1) is 0 Å². The van der Waals surface area contributed by atoms with Gasteiger partial charge in [0.25, 0.3) is 0 Å². The van der Waals surface area contributed by atoms with Gasteiger partial charge in [-0.15, -0.1) is 5.10 Å². The van der Waals surface area contributed by atoms with Crippen LogP contribution in [-0.4, -0.2) is 104 Å². The monoisotopic (exact) mass is 687 g/mol. The van der Waals surface area contributed by atoms with E-state index >= 15 is 0 Å². The molecule has 264 valence electrons. The quantitative estimate of drug-likeness (QED) is 0.237. The molecule has 1 N–H and O–H groups in total. The van der Waals surface area contributed by atoms with E-state index in [-0.39, 0.29) is 13.2 Å². The van der Waals surface area contributed by atoms with E-state index in [0.29, 0.717) is 11.5 Å². The van der Waals surface area contributed by atoms with Gasteiger partial charge in [0.15, 0.2) is 36.6 Å². The number of nitrogens with one attached hydrogen (secondary N) is 1. The molecule has 0 saturated carbocycles. The zero-order chi connectivity index (χ0) is 35.0. The SMILES string of the molecule is CC(=O)OC[C@H]1O[C@@H](n2cc(CO[C@@H]3[C@H]4OC(C)(C)O[C@H]4O[C@@H]3c3nc4ccccc4[nH]3)nn2)[C@H](OC(C)=O)[C@@H](OC(C)=O)[C@@H]1OC(C)=O. The largest absolute Gasteiger partial charge is 0.463 e. The molecule has 0 bridgehead atoms. The smallest absolute Gasteiger partial charge is 0.303 e. The van der Waals surface area contributed by atoms with Crippen LogP contribution < -0.4 is 0 Å². The number of fused-ring (bicyclic) bond motifs is 2. The summed E-state index contributed by atoms with van der Waals surface area (Å²) in [5, 5.41) is 8.39. The molecular weight excluding hydrogens is 650 g/mol. The summed E-state index contributed by atoms with van der Waals surface area (Å²) >= 11 is 0. The Balaban J connectivity index is 1.26. The number of imidazole rings is 1. The zero-order valence-electron chi connectivity index (χ0n) is 27.6. The molecule has 2 aromatic heterocycles. The fourth-order valence-electron chi connectivity index (χ4n) is 6.09. The number of ether oxygens (including phenoxy) is 9. The van der Waals surface area contributed by atoms with Crippen molar-refractivity contribution >= 4 is 34.9 Å². The molecular formula is C31H37N5O13. The van der Waals surface area contributed by atoms with Crippen LogP contribution >= 0.6 is 0 Å². The van der Waals surface area contributed by atoms with Crippen LogP contribution in [0.4, 0.5) is 0 Å². The Morgan fingerprint density at radius 2 is 1.57 bits per heavy atom. The maximum Gasteiger partial charge on any atom is 0.303 e. The molecule has 3 aromatic rings. The maximum absolute atomic E-state index is 12.2. The number of H-pyrrole nitrogens is 1. The molecule has 3 fully saturated rings. The molecule has 5 heterocycles. The lowest BCUT2D eigenvalue weighted by Crippen LogP contribution is -2.60. The van der Waals surface area contributed by atoms with Crippen molar-refractivity contribution in [3.8, 4) is 0 Å². The average Bonchev–Trinajstić information content (AvgIpc) is 3.78. The molecule has 18 heteroatoms. The van der Waals surface area contributed by atoms with E-state index < -0.39 is 84.9 Å². The van der Waals surface area contributed by atoms with Gasteiger partial charge in [0.05, 0.1) is 23.8 Å². The molecule has 9 atom stereocenters. The van der Waals surface area contributed by atoms with Gasteiger partial charge < -0.3 is 47.6 Å². The van der Waals surface area contributed by atoms with Gasteiger partial charge in [-0.25, -0.2) is 9.67 Å². The van der Waals surface area contributed by atoms with Crippen molar-refractivity contribution < 1.29 is 61.8 Å². The molecule has 0 aliphatic carbocycles. The Kier molecular flexibility index (Phi) is 9.67.